The maximum atomic E-state index is 3.66. The lowest BCUT2D eigenvalue weighted by Gasteiger charge is -2.43. The SMILES string of the molecule is CCCC1CCC(CNCC)C(C2CCCC(CC)C2)C1. The van der Waals surface area contributed by atoms with Gasteiger partial charge in [-0.1, -0.05) is 65.7 Å². The smallest absolute Gasteiger partial charge is 0.00179 e. The molecule has 5 atom stereocenters. The molecule has 21 heavy (non-hydrogen) atoms. The van der Waals surface area contributed by atoms with Crippen LogP contribution >= 0.6 is 0 Å². The highest BCUT2D eigenvalue weighted by molar-refractivity contribution is 4.88. The lowest BCUT2D eigenvalue weighted by Crippen LogP contribution is -2.38. The monoisotopic (exact) mass is 293 g/mol. The first kappa shape index (κ1) is 17.3. The molecular weight excluding hydrogens is 254 g/mol. The van der Waals surface area contributed by atoms with E-state index in [1.807, 2.05) is 0 Å². The van der Waals surface area contributed by atoms with Gasteiger partial charge in [-0.25, -0.2) is 0 Å². The van der Waals surface area contributed by atoms with Crippen LogP contribution in [0.3, 0.4) is 0 Å². The summed E-state index contributed by atoms with van der Waals surface area (Å²) in [5.74, 6) is 5.13. The van der Waals surface area contributed by atoms with Gasteiger partial charge in [0.05, 0.1) is 0 Å². The molecule has 0 heterocycles. The van der Waals surface area contributed by atoms with Crippen molar-refractivity contribution < 1.29 is 0 Å². The zero-order valence-corrected chi connectivity index (χ0v) is 14.9. The third-order valence-electron chi connectivity index (χ3n) is 6.52. The van der Waals surface area contributed by atoms with Crippen molar-refractivity contribution in [2.24, 2.45) is 29.6 Å². The molecule has 2 aliphatic rings. The molecule has 124 valence electrons. The fourth-order valence-corrected chi connectivity index (χ4v) is 5.28. The van der Waals surface area contributed by atoms with Crippen molar-refractivity contribution in [1.29, 1.82) is 0 Å². The molecule has 2 rings (SSSR count). The van der Waals surface area contributed by atoms with Gasteiger partial charge in [-0.2, -0.15) is 0 Å². The van der Waals surface area contributed by atoms with Gasteiger partial charge in [-0.15, -0.1) is 0 Å². The standard InChI is InChI=1S/C20H39N/c1-4-8-17-11-12-19(15-21-6-3)20(14-17)18-10-7-9-16(5-2)13-18/h16-21H,4-15H2,1-3H3. The Morgan fingerprint density at radius 2 is 1.76 bits per heavy atom. The van der Waals surface area contributed by atoms with E-state index in [-0.39, 0.29) is 0 Å². The summed E-state index contributed by atoms with van der Waals surface area (Å²) in [6.45, 7) is 9.46. The van der Waals surface area contributed by atoms with Crippen LogP contribution in [0.2, 0.25) is 0 Å². The number of hydrogen-bond donors (Lipinski definition) is 1. The maximum absolute atomic E-state index is 3.66. The average Bonchev–Trinajstić information content (AvgIpc) is 2.54. The predicted octanol–water partition coefficient (Wildman–Crippen LogP) is 5.64. The Morgan fingerprint density at radius 1 is 0.905 bits per heavy atom. The van der Waals surface area contributed by atoms with Crippen LogP contribution in [-0.4, -0.2) is 13.1 Å². The minimum atomic E-state index is 0.971. The number of rotatable bonds is 7. The fraction of sp³-hybridized carbons (Fsp3) is 1.00. The molecule has 0 aliphatic heterocycles. The first-order chi connectivity index (χ1) is 10.3. The average molecular weight is 294 g/mol. The van der Waals surface area contributed by atoms with Crippen molar-refractivity contribution in [1.82, 2.24) is 5.32 Å². The van der Waals surface area contributed by atoms with Crippen LogP contribution in [0.25, 0.3) is 0 Å². The van der Waals surface area contributed by atoms with Crippen molar-refractivity contribution in [2.45, 2.75) is 85.0 Å². The van der Waals surface area contributed by atoms with E-state index in [1.54, 1.807) is 12.8 Å². The molecule has 0 amide bonds. The molecule has 2 fully saturated rings. The summed E-state index contributed by atoms with van der Waals surface area (Å²) in [5, 5.41) is 3.66. The van der Waals surface area contributed by atoms with Crippen LogP contribution < -0.4 is 5.32 Å². The highest BCUT2D eigenvalue weighted by Gasteiger charge is 2.36. The van der Waals surface area contributed by atoms with Crippen LogP contribution in [0.5, 0.6) is 0 Å². The Labute approximate surface area is 133 Å². The Kier molecular flexibility index (Phi) is 7.57. The van der Waals surface area contributed by atoms with Crippen LogP contribution in [-0.2, 0) is 0 Å². The Hall–Kier alpha value is -0.0400. The summed E-state index contributed by atoms with van der Waals surface area (Å²) >= 11 is 0. The van der Waals surface area contributed by atoms with Gasteiger partial charge < -0.3 is 5.32 Å². The predicted molar refractivity (Wildman–Crippen MR) is 93.5 cm³/mol. The first-order valence-electron chi connectivity index (χ1n) is 9.99. The second kappa shape index (κ2) is 9.18. The molecule has 0 aromatic rings. The summed E-state index contributed by atoms with van der Waals surface area (Å²) < 4.78 is 0. The zero-order chi connectivity index (χ0) is 15.1. The Balaban J connectivity index is 1.97. The molecule has 0 aromatic carbocycles. The highest BCUT2D eigenvalue weighted by atomic mass is 14.8. The lowest BCUT2D eigenvalue weighted by molar-refractivity contribution is 0.0760. The fourth-order valence-electron chi connectivity index (χ4n) is 5.28. The van der Waals surface area contributed by atoms with Crippen LogP contribution in [0.4, 0.5) is 0 Å². The van der Waals surface area contributed by atoms with E-state index in [1.165, 1.54) is 57.9 Å². The van der Waals surface area contributed by atoms with Crippen molar-refractivity contribution in [3.8, 4) is 0 Å². The summed E-state index contributed by atoms with van der Waals surface area (Å²) in [6, 6.07) is 0. The largest absolute Gasteiger partial charge is 0.317 e. The molecule has 0 spiro atoms. The van der Waals surface area contributed by atoms with Gasteiger partial charge in [0.15, 0.2) is 0 Å². The van der Waals surface area contributed by atoms with E-state index in [4.69, 9.17) is 0 Å². The van der Waals surface area contributed by atoms with Crippen molar-refractivity contribution in [2.75, 3.05) is 13.1 Å². The van der Waals surface area contributed by atoms with Crippen LogP contribution in [0.1, 0.15) is 85.0 Å². The van der Waals surface area contributed by atoms with E-state index >= 15 is 0 Å². The van der Waals surface area contributed by atoms with Gasteiger partial charge in [0.25, 0.3) is 0 Å². The maximum Gasteiger partial charge on any atom is -0.00179 e. The van der Waals surface area contributed by atoms with E-state index in [9.17, 15) is 0 Å². The van der Waals surface area contributed by atoms with E-state index in [0.717, 1.165) is 36.1 Å². The van der Waals surface area contributed by atoms with Gasteiger partial charge in [-0.3, -0.25) is 0 Å². The van der Waals surface area contributed by atoms with Gasteiger partial charge in [0.2, 0.25) is 0 Å². The van der Waals surface area contributed by atoms with Crippen molar-refractivity contribution >= 4 is 0 Å². The Morgan fingerprint density at radius 3 is 2.48 bits per heavy atom. The minimum absolute atomic E-state index is 0.971. The lowest BCUT2D eigenvalue weighted by atomic mass is 9.63. The number of hydrogen-bond acceptors (Lipinski definition) is 1. The molecule has 5 unspecified atom stereocenters. The number of nitrogens with one attached hydrogen (secondary N) is 1. The first-order valence-corrected chi connectivity index (χ1v) is 9.99. The van der Waals surface area contributed by atoms with Gasteiger partial charge >= 0.3 is 0 Å². The van der Waals surface area contributed by atoms with Gasteiger partial charge in [0.1, 0.15) is 0 Å². The second-order valence-electron chi connectivity index (χ2n) is 7.90. The van der Waals surface area contributed by atoms with Gasteiger partial charge in [-0.05, 0) is 61.9 Å². The molecule has 2 saturated carbocycles. The minimum Gasteiger partial charge on any atom is -0.317 e. The molecule has 2 aliphatic carbocycles. The third-order valence-corrected chi connectivity index (χ3v) is 6.52. The second-order valence-corrected chi connectivity index (χ2v) is 7.90. The van der Waals surface area contributed by atoms with Crippen LogP contribution in [0, 0.1) is 29.6 Å². The summed E-state index contributed by atoms with van der Waals surface area (Å²) in [7, 11) is 0. The normalized spacial score (nSPS) is 37.6. The summed E-state index contributed by atoms with van der Waals surface area (Å²) in [5.41, 5.74) is 0. The summed E-state index contributed by atoms with van der Waals surface area (Å²) in [6.07, 6.45) is 14.9. The van der Waals surface area contributed by atoms with Crippen molar-refractivity contribution in [3.05, 3.63) is 0 Å². The molecule has 0 saturated heterocycles. The molecule has 0 aromatic heterocycles. The quantitative estimate of drug-likeness (QED) is 0.640. The van der Waals surface area contributed by atoms with Crippen molar-refractivity contribution in [3.63, 3.8) is 0 Å². The molecule has 1 N–H and O–H groups in total. The highest BCUT2D eigenvalue weighted by Crippen LogP contribution is 2.46. The summed E-state index contributed by atoms with van der Waals surface area (Å²) in [4.78, 5) is 0. The van der Waals surface area contributed by atoms with E-state index in [0.29, 0.717) is 0 Å². The van der Waals surface area contributed by atoms with E-state index in [2.05, 4.69) is 26.1 Å². The zero-order valence-electron chi connectivity index (χ0n) is 14.9. The molecule has 1 heteroatoms. The van der Waals surface area contributed by atoms with Crippen LogP contribution in [0.15, 0.2) is 0 Å². The molecular formula is C20H39N. The Bertz CT molecular complexity index is 275. The topological polar surface area (TPSA) is 12.0 Å². The van der Waals surface area contributed by atoms with E-state index < -0.39 is 0 Å². The molecule has 1 nitrogen and oxygen atoms in total. The van der Waals surface area contributed by atoms with Gasteiger partial charge in [0, 0.05) is 0 Å². The third kappa shape index (κ3) is 4.98. The molecule has 0 bridgehead atoms. The molecule has 0 radical (unpaired) electrons.